The Labute approximate surface area is 114 Å². The summed E-state index contributed by atoms with van der Waals surface area (Å²) >= 11 is 0. The van der Waals surface area contributed by atoms with Crippen molar-refractivity contribution in [2.45, 2.75) is 30.4 Å². The minimum atomic E-state index is -2.63. The second-order valence-corrected chi connectivity index (χ2v) is 4.12. The maximum Gasteiger partial charge on any atom is 0.330 e. The predicted molar refractivity (Wildman–Crippen MR) is 62.0 cm³/mol. The van der Waals surface area contributed by atoms with Crippen LogP contribution in [0.4, 0.5) is 0 Å². The molecule has 1 aliphatic heterocycles. The third kappa shape index (κ3) is 3.73. The van der Waals surface area contributed by atoms with Gasteiger partial charge < -0.3 is 39.7 Å². The maximum absolute atomic E-state index is 10.8. The molecule has 0 saturated carbocycles. The fourth-order valence-corrected chi connectivity index (χ4v) is 1.63. The Hall–Kier alpha value is -1.07. The maximum atomic E-state index is 10.8. The van der Waals surface area contributed by atoms with Gasteiger partial charge >= 0.3 is 11.9 Å². The highest BCUT2D eigenvalue weighted by molar-refractivity contribution is 5.81. The molecule has 5 atom stereocenters. The summed E-state index contributed by atoms with van der Waals surface area (Å²) in [5.41, 5.74) is 0. The van der Waals surface area contributed by atoms with Crippen molar-refractivity contribution in [1.29, 1.82) is 0 Å². The van der Waals surface area contributed by atoms with Gasteiger partial charge in [-0.2, -0.15) is 0 Å². The number of rotatable bonds is 6. The Morgan fingerprint density at radius 1 is 1.30 bits per heavy atom. The lowest BCUT2D eigenvalue weighted by Crippen LogP contribution is -2.66. The molecule has 1 aliphatic rings. The van der Waals surface area contributed by atoms with Gasteiger partial charge in [0.15, 0.2) is 6.10 Å². The Kier molecular flexibility index (Phi) is 6.02. The lowest BCUT2D eigenvalue weighted by atomic mass is 9.98. The topological polar surface area (TPSA) is 146 Å². The van der Waals surface area contributed by atoms with E-state index in [9.17, 15) is 25.2 Å². The van der Waals surface area contributed by atoms with Crippen LogP contribution in [0.3, 0.4) is 0 Å². The smallest absolute Gasteiger partial charge is 0.330 e. The molecular weight excluding hydrogens is 276 g/mol. The summed E-state index contributed by atoms with van der Waals surface area (Å²) in [4.78, 5) is 10.8. The Morgan fingerprint density at radius 3 is 2.50 bits per heavy atom. The van der Waals surface area contributed by atoms with Crippen molar-refractivity contribution in [3.8, 4) is 0 Å². The van der Waals surface area contributed by atoms with Gasteiger partial charge in [0.2, 0.25) is 0 Å². The summed E-state index contributed by atoms with van der Waals surface area (Å²) < 4.78 is 14.2. The number of aliphatic hydroxyl groups is 5. The SMILES string of the molecule is C=CC(=O)OCCOC1(O)O[C@H](CO)[C@@H](O)[C@H](O)[C@H]1O. The molecule has 9 nitrogen and oxygen atoms in total. The number of carbonyl (C=O) groups is 1. The van der Waals surface area contributed by atoms with Gasteiger partial charge in [0, 0.05) is 6.08 Å². The van der Waals surface area contributed by atoms with Gasteiger partial charge in [0.1, 0.15) is 24.9 Å². The summed E-state index contributed by atoms with van der Waals surface area (Å²) in [6.07, 6.45) is -5.73. The van der Waals surface area contributed by atoms with Crippen molar-refractivity contribution in [3.05, 3.63) is 12.7 Å². The van der Waals surface area contributed by atoms with Gasteiger partial charge in [0.05, 0.1) is 13.2 Å². The third-order valence-electron chi connectivity index (χ3n) is 2.73. The van der Waals surface area contributed by atoms with Gasteiger partial charge in [0.25, 0.3) is 0 Å². The number of hydrogen-bond donors (Lipinski definition) is 5. The minimum Gasteiger partial charge on any atom is -0.460 e. The zero-order valence-corrected chi connectivity index (χ0v) is 10.6. The largest absolute Gasteiger partial charge is 0.460 e. The van der Waals surface area contributed by atoms with E-state index in [1.807, 2.05) is 0 Å². The van der Waals surface area contributed by atoms with Crippen LogP contribution in [-0.2, 0) is 19.0 Å². The van der Waals surface area contributed by atoms with Crippen LogP contribution in [0.25, 0.3) is 0 Å². The average molecular weight is 294 g/mol. The Balaban J connectivity index is 2.56. The summed E-state index contributed by atoms with van der Waals surface area (Å²) in [6.45, 7) is 1.86. The number of carbonyl (C=O) groups excluding carboxylic acids is 1. The van der Waals surface area contributed by atoms with Crippen LogP contribution in [0, 0.1) is 0 Å². The molecule has 0 aromatic heterocycles. The molecule has 0 radical (unpaired) electrons. The third-order valence-corrected chi connectivity index (χ3v) is 2.73. The second kappa shape index (κ2) is 7.09. The molecule has 20 heavy (non-hydrogen) atoms. The fourth-order valence-electron chi connectivity index (χ4n) is 1.63. The highest BCUT2D eigenvalue weighted by Gasteiger charge is 2.53. The van der Waals surface area contributed by atoms with Crippen LogP contribution in [-0.4, -0.2) is 81.7 Å². The normalized spacial score (nSPS) is 37.5. The lowest BCUT2D eigenvalue weighted by molar-refractivity contribution is -0.449. The quantitative estimate of drug-likeness (QED) is 0.148. The number of esters is 1. The van der Waals surface area contributed by atoms with Crippen molar-refractivity contribution >= 4 is 5.97 Å². The molecule has 0 bridgehead atoms. The van der Waals surface area contributed by atoms with E-state index in [1.54, 1.807) is 0 Å². The second-order valence-electron chi connectivity index (χ2n) is 4.12. The summed E-state index contributed by atoms with van der Waals surface area (Å²) in [5, 5.41) is 47.5. The van der Waals surface area contributed by atoms with Crippen LogP contribution in [0.5, 0.6) is 0 Å². The summed E-state index contributed by atoms with van der Waals surface area (Å²) in [7, 11) is 0. The molecule has 0 aliphatic carbocycles. The molecular formula is C11H18O9. The van der Waals surface area contributed by atoms with E-state index in [1.165, 1.54) is 0 Å². The molecule has 1 fully saturated rings. The minimum absolute atomic E-state index is 0.258. The first kappa shape index (κ1) is 17.0. The molecule has 1 heterocycles. The van der Waals surface area contributed by atoms with Crippen molar-refractivity contribution in [3.63, 3.8) is 0 Å². The van der Waals surface area contributed by atoms with Gasteiger partial charge in [-0.1, -0.05) is 6.58 Å². The first-order valence-electron chi connectivity index (χ1n) is 5.84. The van der Waals surface area contributed by atoms with E-state index in [2.05, 4.69) is 11.3 Å². The monoisotopic (exact) mass is 294 g/mol. The van der Waals surface area contributed by atoms with E-state index in [0.717, 1.165) is 6.08 Å². The number of hydrogen-bond acceptors (Lipinski definition) is 9. The molecule has 9 heteroatoms. The van der Waals surface area contributed by atoms with Gasteiger partial charge in [-0.05, 0) is 0 Å². The van der Waals surface area contributed by atoms with E-state index >= 15 is 0 Å². The van der Waals surface area contributed by atoms with Crippen LogP contribution in [0.15, 0.2) is 12.7 Å². The molecule has 116 valence electrons. The molecule has 1 saturated heterocycles. The van der Waals surface area contributed by atoms with Crippen molar-refractivity contribution in [1.82, 2.24) is 0 Å². The van der Waals surface area contributed by atoms with Gasteiger partial charge in [-0.3, -0.25) is 0 Å². The van der Waals surface area contributed by atoms with Gasteiger partial charge in [-0.25, -0.2) is 4.79 Å². The summed E-state index contributed by atoms with van der Waals surface area (Å²) in [6, 6.07) is 0. The lowest BCUT2D eigenvalue weighted by Gasteiger charge is -2.44. The first-order valence-corrected chi connectivity index (χ1v) is 5.84. The van der Waals surface area contributed by atoms with Crippen LogP contribution in [0.1, 0.15) is 0 Å². The van der Waals surface area contributed by atoms with Crippen LogP contribution < -0.4 is 0 Å². The molecule has 0 amide bonds. The van der Waals surface area contributed by atoms with E-state index < -0.39 is 43.0 Å². The number of ether oxygens (including phenoxy) is 3. The molecule has 0 aromatic rings. The van der Waals surface area contributed by atoms with Crippen LogP contribution >= 0.6 is 0 Å². The number of aliphatic hydroxyl groups excluding tert-OH is 4. The molecule has 1 unspecified atom stereocenters. The first-order chi connectivity index (χ1) is 9.35. The van der Waals surface area contributed by atoms with Gasteiger partial charge in [-0.15, -0.1) is 0 Å². The standard InChI is InChI=1S/C11H18O9/c1-2-7(13)18-3-4-19-11(17)10(16)9(15)8(14)6(5-12)20-11/h2,6,8-10,12,14-17H,1,3-5H2/t6-,8-,9+,10-,11?/m1/s1. The zero-order chi connectivity index (χ0) is 15.3. The highest BCUT2D eigenvalue weighted by Crippen LogP contribution is 2.28. The van der Waals surface area contributed by atoms with E-state index in [-0.39, 0.29) is 13.2 Å². The van der Waals surface area contributed by atoms with E-state index in [4.69, 9.17) is 14.6 Å². The van der Waals surface area contributed by atoms with Crippen molar-refractivity contribution in [2.24, 2.45) is 0 Å². The molecule has 5 N–H and O–H groups in total. The Morgan fingerprint density at radius 2 is 1.95 bits per heavy atom. The van der Waals surface area contributed by atoms with E-state index in [0.29, 0.717) is 0 Å². The average Bonchev–Trinajstić information content (AvgIpc) is 2.45. The fraction of sp³-hybridized carbons (Fsp3) is 0.727. The van der Waals surface area contributed by atoms with Crippen molar-refractivity contribution in [2.75, 3.05) is 19.8 Å². The molecule has 1 rings (SSSR count). The summed E-state index contributed by atoms with van der Waals surface area (Å²) in [5.74, 6) is -3.33. The molecule has 0 aromatic carbocycles. The van der Waals surface area contributed by atoms with Crippen molar-refractivity contribution < 1.29 is 44.5 Å². The highest BCUT2D eigenvalue weighted by atomic mass is 16.8. The Bertz CT molecular complexity index is 345. The zero-order valence-electron chi connectivity index (χ0n) is 10.6. The predicted octanol–water partition coefficient (Wildman–Crippen LogP) is -3.15. The molecule has 0 spiro atoms. The van der Waals surface area contributed by atoms with Crippen LogP contribution in [0.2, 0.25) is 0 Å².